The van der Waals surface area contributed by atoms with Crippen LogP contribution in [0.25, 0.3) is 16.8 Å². The monoisotopic (exact) mass is 439 g/mol. The molecule has 0 bridgehead atoms. The molecule has 6 nitrogen and oxygen atoms in total. The van der Waals surface area contributed by atoms with Crippen molar-refractivity contribution < 1.29 is 18.0 Å². The van der Waals surface area contributed by atoms with Crippen molar-refractivity contribution >= 4 is 17.3 Å². The van der Waals surface area contributed by atoms with Gasteiger partial charge in [-0.15, -0.1) is 0 Å². The number of carbonyl (C=O) groups is 1. The second kappa shape index (κ2) is 8.70. The average molecular weight is 439 g/mol. The van der Waals surface area contributed by atoms with E-state index in [0.29, 0.717) is 29.8 Å². The first-order valence-electron chi connectivity index (χ1n) is 9.91. The zero-order chi connectivity index (χ0) is 22.8. The smallest absolute Gasteiger partial charge is 0.254 e. The summed E-state index contributed by atoms with van der Waals surface area (Å²) in [6.45, 7) is 0.381. The van der Waals surface area contributed by atoms with E-state index in [9.17, 15) is 18.0 Å². The van der Waals surface area contributed by atoms with Gasteiger partial charge in [0.05, 0.1) is 18.5 Å². The van der Waals surface area contributed by atoms with E-state index in [1.54, 1.807) is 36.5 Å². The highest BCUT2D eigenvalue weighted by atomic mass is 19.2. The number of hydrogen-bond acceptors (Lipinski definition) is 4. The fourth-order valence-corrected chi connectivity index (χ4v) is 3.78. The minimum absolute atomic E-state index is 0.0506. The molecule has 3 N–H and O–H groups in total. The number of benzene rings is 2. The highest BCUT2D eigenvalue weighted by molar-refractivity contribution is 6.08. The SMILES string of the molecule is CN/C(=C1/CCN(C(=O)c2ccc(-c3cn[nH]c3)cc2)CC1=N)c1cc(F)c(F)c(F)c1. The summed E-state index contributed by atoms with van der Waals surface area (Å²) < 4.78 is 40.7. The summed E-state index contributed by atoms with van der Waals surface area (Å²) in [5.74, 6) is -4.35. The molecule has 32 heavy (non-hydrogen) atoms. The van der Waals surface area contributed by atoms with Crippen molar-refractivity contribution in [1.29, 1.82) is 5.41 Å². The first-order valence-corrected chi connectivity index (χ1v) is 9.91. The van der Waals surface area contributed by atoms with Crippen molar-refractivity contribution in [1.82, 2.24) is 20.4 Å². The van der Waals surface area contributed by atoms with Crippen LogP contribution in [0, 0.1) is 22.9 Å². The molecular weight excluding hydrogens is 419 g/mol. The summed E-state index contributed by atoms with van der Waals surface area (Å²) in [5.41, 5.74) is 3.44. The molecule has 1 aromatic heterocycles. The Morgan fingerprint density at radius 3 is 2.34 bits per heavy atom. The number of hydrogen-bond donors (Lipinski definition) is 3. The number of halogens is 3. The number of piperidine rings is 1. The van der Waals surface area contributed by atoms with E-state index in [0.717, 1.165) is 23.3 Å². The van der Waals surface area contributed by atoms with Crippen LogP contribution in [0.2, 0.25) is 0 Å². The Morgan fingerprint density at radius 1 is 1.09 bits per heavy atom. The van der Waals surface area contributed by atoms with Gasteiger partial charge in [0, 0.05) is 47.7 Å². The second-order valence-electron chi connectivity index (χ2n) is 7.38. The second-order valence-corrected chi connectivity index (χ2v) is 7.38. The summed E-state index contributed by atoms with van der Waals surface area (Å²) >= 11 is 0. The topological polar surface area (TPSA) is 84.9 Å². The number of nitrogens with zero attached hydrogens (tertiary/aromatic N) is 2. The van der Waals surface area contributed by atoms with Crippen molar-refractivity contribution in [2.24, 2.45) is 0 Å². The summed E-state index contributed by atoms with van der Waals surface area (Å²) in [5, 5.41) is 17.9. The quantitative estimate of drug-likeness (QED) is 0.538. The Morgan fingerprint density at radius 2 is 1.78 bits per heavy atom. The van der Waals surface area contributed by atoms with Crippen molar-refractivity contribution in [2.75, 3.05) is 20.1 Å². The predicted molar refractivity (Wildman–Crippen MR) is 115 cm³/mol. The standard InChI is InChI=1S/C23H20F3N5O/c1-28-22(15-8-18(24)21(26)19(25)9-15)17-6-7-31(12-20(17)27)23(32)14-4-2-13(3-5-14)16-10-29-30-11-16/h2-5,8-11,27-28H,6-7,12H2,1H3,(H,29,30)/b22-17-,27-20?. The van der Waals surface area contributed by atoms with E-state index in [1.807, 2.05) is 12.1 Å². The van der Waals surface area contributed by atoms with Gasteiger partial charge in [-0.25, -0.2) is 13.2 Å². The van der Waals surface area contributed by atoms with Crippen LogP contribution < -0.4 is 5.32 Å². The van der Waals surface area contributed by atoms with E-state index in [1.165, 1.54) is 0 Å². The van der Waals surface area contributed by atoms with E-state index in [2.05, 4.69) is 15.5 Å². The van der Waals surface area contributed by atoms with Crippen LogP contribution in [0.5, 0.6) is 0 Å². The lowest BCUT2D eigenvalue weighted by Crippen LogP contribution is -2.41. The lowest BCUT2D eigenvalue weighted by Gasteiger charge is -2.30. The van der Waals surface area contributed by atoms with E-state index in [-0.39, 0.29) is 23.7 Å². The highest BCUT2D eigenvalue weighted by Crippen LogP contribution is 2.26. The molecule has 2 aromatic carbocycles. The normalized spacial score (nSPS) is 15.6. The zero-order valence-corrected chi connectivity index (χ0v) is 17.2. The van der Waals surface area contributed by atoms with Gasteiger partial charge in [-0.05, 0) is 36.2 Å². The first-order chi connectivity index (χ1) is 15.4. The molecule has 164 valence electrons. The average Bonchev–Trinajstić information content (AvgIpc) is 3.33. The fourth-order valence-electron chi connectivity index (χ4n) is 3.78. The van der Waals surface area contributed by atoms with E-state index >= 15 is 0 Å². The van der Waals surface area contributed by atoms with Crippen molar-refractivity contribution in [3.05, 3.63) is 82.9 Å². The van der Waals surface area contributed by atoms with E-state index in [4.69, 9.17) is 5.41 Å². The van der Waals surface area contributed by atoms with Gasteiger partial charge in [-0.1, -0.05) is 12.1 Å². The minimum atomic E-state index is -1.54. The Bertz CT molecular complexity index is 1180. The molecule has 1 fully saturated rings. The van der Waals surface area contributed by atoms with Gasteiger partial charge in [-0.3, -0.25) is 9.89 Å². The number of carbonyl (C=O) groups excluding carboxylic acids is 1. The lowest BCUT2D eigenvalue weighted by molar-refractivity contribution is 0.0775. The maximum atomic E-state index is 13.7. The predicted octanol–water partition coefficient (Wildman–Crippen LogP) is 3.99. The largest absolute Gasteiger partial charge is 0.387 e. The zero-order valence-electron chi connectivity index (χ0n) is 17.2. The number of likely N-dealkylation sites (tertiary alicyclic amines) is 1. The third-order valence-electron chi connectivity index (χ3n) is 5.42. The maximum Gasteiger partial charge on any atom is 0.254 e. The van der Waals surface area contributed by atoms with Gasteiger partial charge in [0.25, 0.3) is 5.91 Å². The number of aromatic amines is 1. The minimum Gasteiger partial charge on any atom is -0.387 e. The maximum absolute atomic E-state index is 13.7. The fraction of sp³-hybridized carbons (Fsp3) is 0.174. The van der Waals surface area contributed by atoms with Crippen LogP contribution in [-0.4, -0.2) is 46.9 Å². The molecule has 1 amide bonds. The van der Waals surface area contributed by atoms with Crippen LogP contribution in [-0.2, 0) is 0 Å². The molecule has 2 heterocycles. The van der Waals surface area contributed by atoms with Gasteiger partial charge in [0.2, 0.25) is 0 Å². The van der Waals surface area contributed by atoms with Gasteiger partial charge >= 0.3 is 0 Å². The Labute approximate surface area is 182 Å². The van der Waals surface area contributed by atoms with Crippen LogP contribution in [0.4, 0.5) is 13.2 Å². The number of rotatable bonds is 4. The molecule has 0 atom stereocenters. The summed E-state index contributed by atoms with van der Waals surface area (Å²) in [6, 6.07) is 8.89. The van der Waals surface area contributed by atoms with Gasteiger partial charge in [0.15, 0.2) is 17.5 Å². The van der Waals surface area contributed by atoms with Crippen LogP contribution in [0.3, 0.4) is 0 Å². The molecular formula is C23H20F3N5O. The third kappa shape index (κ3) is 4.01. The molecule has 0 aliphatic carbocycles. The highest BCUT2D eigenvalue weighted by Gasteiger charge is 2.27. The van der Waals surface area contributed by atoms with Gasteiger partial charge in [-0.2, -0.15) is 5.10 Å². The molecule has 0 radical (unpaired) electrons. The molecule has 1 aliphatic heterocycles. The van der Waals surface area contributed by atoms with Gasteiger partial charge in [0.1, 0.15) is 0 Å². The summed E-state index contributed by atoms with van der Waals surface area (Å²) in [7, 11) is 1.56. The number of amides is 1. The van der Waals surface area contributed by atoms with Crippen LogP contribution in [0.1, 0.15) is 22.3 Å². The molecule has 0 unspecified atom stereocenters. The molecule has 3 aromatic rings. The van der Waals surface area contributed by atoms with Crippen molar-refractivity contribution in [2.45, 2.75) is 6.42 Å². The first kappa shape index (κ1) is 21.4. The number of nitrogens with one attached hydrogen (secondary N) is 3. The van der Waals surface area contributed by atoms with Crippen molar-refractivity contribution in [3.63, 3.8) is 0 Å². The third-order valence-corrected chi connectivity index (χ3v) is 5.42. The van der Waals surface area contributed by atoms with Crippen LogP contribution >= 0.6 is 0 Å². The summed E-state index contributed by atoms with van der Waals surface area (Å²) in [4.78, 5) is 14.5. The number of H-pyrrole nitrogens is 1. The molecule has 9 heteroatoms. The molecule has 0 spiro atoms. The van der Waals surface area contributed by atoms with Gasteiger partial charge < -0.3 is 15.6 Å². The Balaban J connectivity index is 1.53. The van der Waals surface area contributed by atoms with Crippen LogP contribution in [0.15, 0.2) is 54.4 Å². The molecule has 0 saturated carbocycles. The Hall–Kier alpha value is -3.88. The molecule has 1 saturated heterocycles. The Kier molecular flexibility index (Phi) is 5.81. The van der Waals surface area contributed by atoms with Crippen molar-refractivity contribution in [3.8, 4) is 11.1 Å². The van der Waals surface area contributed by atoms with E-state index < -0.39 is 17.5 Å². The summed E-state index contributed by atoms with van der Waals surface area (Å²) in [6.07, 6.45) is 3.76. The number of aromatic nitrogens is 2. The molecule has 1 aliphatic rings. The molecule has 4 rings (SSSR count). The lowest BCUT2D eigenvalue weighted by atomic mass is 9.95.